The van der Waals surface area contributed by atoms with Gasteiger partial charge in [0, 0.05) is 19.7 Å². The van der Waals surface area contributed by atoms with Crippen molar-refractivity contribution in [2.24, 2.45) is 5.92 Å². The maximum atomic E-state index is 12.9. The lowest BCUT2D eigenvalue weighted by Gasteiger charge is -2.16. The average Bonchev–Trinajstić information content (AvgIpc) is 2.53. The summed E-state index contributed by atoms with van der Waals surface area (Å²) in [4.78, 5) is 36.6. The third-order valence-electron chi connectivity index (χ3n) is 4.09. The first kappa shape index (κ1) is 18.7. The van der Waals surface area contributed by atoms with Gasteiger partial charge in [-0.2, -0.15) is 0 Å². The molecule has 1 heterocycles. The predicted octanol–water partition coefficient (Wildman–Crippen LogP) is 2.47. The van der Waals surface area contributed by atoms with Crippen LogP contribution in [0.25, 0.3) is 11.1 Å². The van der Waals surface area contributed by atoms with E-state index in [1.54, 1.807) is 0 Å². The molecule has 0 saturated carbocycles. The SMILES string of the molecule is CC(=O)OCn1cc(-c2cccc(C)c2C)c(=O)n(CC(C)C)c1=O. The van der Waals surface area contributed by atoms with E-state index < -0.39 is 11.7 Å². The number of esters is 1. The van der Waals surface area contributed by atoms with Gasteiger partial charge in [-0.3, -0.25) is 18.7 Å². The molecule has 0 N–H and O–H groups in total. The van der Waals surface area contributed by atoms with Crippen molar-refractivity contribution >= 4 is 5.97 Å². The van der Waals surface area contributed by atoms with Crippen molar-refractivity contribution in [1.82, 2.24) is 9.13 Å². The number of hydrogen-bond acceptors (Lipinski definition) is 4. The molecule has 6 nitrogen and oxygen atoms in total. The highest BCUT2D eigenvalue weighted by molar-refractivity contribution is 5.67. The summed E-state index contributed by atoms with van der Waals surface area (Å²) in [5.74, 6) is -0.358. The zero-order chi connectivity index (χ0) is 18.7. The molecule has 0 aliphatic rings. The first-order chi connectivity index (χ1) is 11.7. The summed E-state index contributed by atoms with van der Waals surface area (Å²) in [5.41, 5.74) is 2.44. The molecule has 0 spiro atoms. The van der Waals surface area contributed by atoms with Crippen molar-refractivity contribution in [3.63, 3.8) is 0 Å². The monoisotopic (exact) mass is 344 g/mol. The zero-order valence-electron chi connectivity index (χ0n) is 15.3. The fourth-order valence-electron chi connectivity index (χ4n) is 2.66. The Hall–Kier alpha value is -2.63. The van der Waals surface area contributed by atoms with Gasteiger partial charge < -0.3 is 4.74 Å². The molecule has 0 aliphatic heterocycles. The molecule has 0 bridgehead atoms. The number of hydrogen-bond donors (Lipinski definition) is 0. The highest BCUT2D eigenvalue weighted by Crippen LogP contribution is 2.22. The van der Waals surface area contributed by atoms with Crippen molar-refractivity contribution < 1.29 is 9.53 Å². The van der Waals surface area contributed by atoms with Gasteiger partial charge in [-0.15, -0.1) is 0 Å². The molecule has 1 aromatic carbocycles. The molecule has 2 rings (SSSR count). The fourth-order valence-corrected chi connectivity index (χ4v) is 2.66. The maximum Gasteiger partial charge on any atom is 0.333 e. The second kappa shape index (κ2) is 7.51. The summed E-state index contributed by atoms with van der Waals surface area (Å²) in [5, 5.41) is 0. The number of benzene rings is 1. The molecule has 134 valence electrons. The van der Waals surface area contributed by atoms with E-state index >= 15 is 0 Å². The molecule has 0 aliphatic carbocycles. The van der Waals surface area contributed by atoms with E-state index in [0.29, 0.717) is 12.1 Å². The van der Waals surface area contributed by atoms with Crippen LogP contribution in [0, 0.1) is 19.8 Å². The van der Waals surface area contributed by atoms with Crippen LogP contribution >= 0.6 is 0 Å². The minimum atomic E-state index is -0.484. The minimum absolute atomic E-state index is 0.126. The number of ether oxygens (including phenoxy) is 1. The Kier molecular flexibility index (Phi) is 5.62. The molecule has 25 heavy (non-hydrogen) atoms. The van der Waals surface area contributed by atoms with Crippen LogP contribution in [0.3, 0.4) is 0 Å². The van der Waals surface area contributed by atoms with Crippen molar-refractivity contribution in [3.8, 4) is 11.1 Å². The van der Waals surface area contributed by atoms with Gasteiger partial charge in [0.1, 0.15) is 0 Å². The molecule has 0 atom stereocenters. The Morgan fingerprint density at radius 2 is 1.84 bits per heavy atom. The van der Waals surface area contributed by atoms with Gasteiger partial charge in [-0.25, -0.2) is 4.79 Å². The van der Waals surface area contributed by atoms with Crippen LogP contribution < -0.4 is 11.2 Å². The lowest BCUT2D eigenvalue weighted by molar-refractivity contribution is -0.144. The summed E-state index contributed by atoms with van der Waals surface area (Å²) in [6, 6.07) is 5.71. The molecule has 2 aromatic rings. The van der Waals surface area contributed by atoms with Gasteiger partial charge >= 0.3 is 11.7 Å². The van der Waals surface area contributed by atoms with E-state index in [0.717, 1.165) is 16.7 Å². The van der Waals surface area contributed by atoms with Crippen LogP contribution in [0.1, 0.15) is 31.9 Å². The molecule has 0 unspecified atom stereocenters. The second-order valence-electron chi connectivity index (χ2n) is 6.62. The smallest absolute Gasteiger partial charge is 0.333 e. The van der Waals surface area contributed by atoms with Crippen molar-refractivity contribution in [2.75, 3.05) is 0 Å². The molecule has 0 amide bonds. The quantitative estimate of drug-likeness (QED) is 0.781. The third kappa shape index (κ3) is 4.07. The lowest BCUT2D eigenvalue weighted by atomic mass is 9.99. The van der Waals surface area contributed by atoms with Crippen LogP contribution in [-0.2, 0) is 22.8 Å². The summed E-state index contributed by atoms with van der Waals surface area (Å²) in [6.45, 7) is 9.15. The Morgan fingerprint density at radius 3 is 2.44 bits per heavy atom. The van der Waals surface area contributed by atoms with Gasteiger partial charge in [0.05, 0.1) is 5.56 Å². The first-order valence-corrected chi connectivity index (χ1v) is 8.26. The Labute approximate surface area is 146 Å². The van der Waals surface area contributed by atoms with E-state index in [1.165, 1.54) is 22.3 Å². The summed E-state index contributed by atoms with van der Waals surface area (Å²) < 4.78 is 7.44. The molecule has 6 heteroatoms. The fraction of sp³-hybridized carbons (Fsp3) is 0.421. The van der Waals surface area contributed by atoms with Crippen LogP contribution in [0.5, 0.6) is 0 Å². The normalized spacial score (nSPS) is 11.0. The molecular formula is C19H24N2O4. The third-order valence-corrected chi connectivity index (χ3v) is 4.09. The number of aryl methyl sites for hydroxylation is 1. The van der Waals surface area contributed by atoms with E-state index in [1.807, 2.05) is 45.9 Å². The summed E-state index contributed by atoms with van der Waals surface area (Å²) in [7, 11) is 0. The Morgan fingerprint density at radius 1 is 1.16 bits per heavy atom. The maximum absolute atomic E-state index is 12.9. The minimum Gasteiger partial charge on any atom is -0.444 e. The van der Waals surface area contributed by atoms with E-state index in [-0.39, 0.29) is 18.2 Å². The molecule has 1 aromatic heterocycles. The van der Waals surface area contributed by atoms with Gasteiger partial charge in [0.25, 0.3) is 5.56 Å². The molecule has 0 fully saturated rings. The second-order valence-corrected chi connectivity index (χ2v) is 6.62. The van der Waals surface area contributed by atoms with Gasteiger partial charge in [-0.05, 0) is 36.5 Å². The molecule has 0 saturated heterocycles. The molecular weight excluding hydrogens is 320 g/mol. The average molecular weight is 344 g/mol. The van der Waals surface area contributed by atoms with Crippen molar-refractivity contribution in [2.45, 2.75) is 47.9 Å². The summed E-state index contributed by atoms with van der Waals surface area (Å²) >= 11 is 0. The highest BCUT2D eigenvalue weighted by atomic mass is 16.5. The zero-order valence-corrected chi connectivity index (χ0v) is 15.3. The summed E-state index contributed by atoms with van der Waals surface area (Å²) in [6.07, 6.45) is 1.48. The van der Waals surface area contributed by atoms with E-state index in [4.69, 9.17) is 4.74 Å². The van der Waals surface area contributed by atoms with E-state index in [9.17, 15) is 14.4 Å². The molecule has 0 radical (unpaired) electrons. The Balaban J connectivity index is 2.72. The van der Waals surface area contributed by atoms with Crippen molar-refractivity contribution in [3.05, 3.63) is 56.4 Å². The van der Waals surface area contributed by atoms with Gasteiger partial charge in [-0.1, -0.05) is 32.0 Å². The van der Waals surface area contributed by atoms with Gasteiger partial charge in [0.2, 0.25) is 0 Å². The largest absolute Gasteiger partial charge is 0.444 e. The number of aromatic nitrogens is 2. The van der Waals surface area contributed by atoms with Crippen LogP contribution in [-0.4, -0.2) is 15.1 Å². The lowest BCUT2D eigenvalue weighted by Crippen LogP contribution is -2.41. The van der Waals surface area contributed by atoms with Crippen molar-refractivity contribution in [1.29, 1.82) is 0 Å². The number of carbonyl (C=O) groups is 1. The van der Waals surface area contributed by atoms with Crippen LogP contribution in [0.2, 0.25) is 0 Å². The first-order valence-electron chi connectivity index (χ1n) is 8.26. The number of carbonyl (C=O) groups excluding carboxylic acids is 1. The highest BCUT2D eigenvalue weighted by Gasteiger charge is 2.16. The topological polar surface area (TPSA) is 70.3 Å². The number of nitrogens with zero attached hydrogens (tertiary/aromatic N) is 2. The Bertz CT molecular complexity index is 907. The standard InChI is InChI=1S/C19H24N2O4/c1-12(2)9-21-18(23)17(16-8-6-7-13(3)14(16)4)10-20(19(21)24)11-25-15(5)22/h6-8,10,12H,9,11H2,1-5H3. The number of rotatable bonds is 5. The van der Waals surface area contributed by atoms with Gasteiger partial charge in [0.15, 0.2) is 6.73 Å². The van der Waals surface area contributed by atoms with E-state index in [2.05, 4.69) is 0 Å². The van der Waals surface area contributed by atoms with Crippen LogP contribution in [0.4, 0.5) is 0 Å². The predicted molar refractivity (Wildman–Crippen MR) is 96.5 cm³/mol. The van der Waals surface area contributed by atoms with Crippen LogP contribution in [0.15, 0.2) is 34.0 Å².